The van der Waals surface area contributed by atoms with Crippen molar-refractivity contribution in [3.05, 3.63) is 29.3 Å². The molecule has 2 aromatic rings. The molecule has 0 fully saturated rings. The van der Waals surface area contributed by atoms with Gasteiger partial charge in [0.1, 0.15) is 10.5 Å². The molecule has 0 unspecified atom stereocenters. The molecule has 0 radical (unpaired) electrons. The molecule has 19 heavy (non-hydrogen) atoms. The lowest BCUT2D eigenvalue weighted by Crippen LogP contribution is -2.16. The average molecular weight is 309 g/mol. The molecule has 0 aliphatic rings. The van der Waals surface area contributed by atoms with Gasteiger partial charge in [0.25, 0.3) is 0 Å². The van der Waals surface area contributed by atoms with E-state index >= 15 is 0 Å². The SMILES string of the molecule is NS(=O)(=O)c1cccc(C(F)(F)F)c1-c1nncs1. The Morgan fingerprint density at radius 1 is 1.26 bits per heavy atom. The van der Waals surface area contributed by atoms with Crippen LogP contribution in [0.15, 0.2) is 28.6 Å². The summed E-state index contributed by atoms with van der Waals surface area (Å²) < 4.78 is 61.6. The molecule has 0 spiro atoms. The van der Waals surface area contributed by atoms with Crippen LogP contribution < -0.4 is 5.14 Å². The molecule has 1 aromatic heterocycles. The molecule has 0 amide bonds. The quantitative estimate of drug-likeness (QED) is 0.917. The normalized spacial score (nSPS) is 12.6. The van der Waals surface area contributed by atoms with Crippen LogP contribution in [0.5, 0.6) is 0 Å². The van der Waals surface area contributed by atoms with Crippen molar-refractivity contribution < 1.29 is 21.6 Å². The number of halogens is 3. The molecule has 0 aliphatic heterocycles. The smallest absolute Gasteiger partial charge is 0.225 e. The third-order valence-electron chi connectivity index (χ3n) is 2.21. The summed E-state index contributed by atoms with van der Waals surface area (Å²) in [4.78, 5) is -0.626. The van der Waals surface area contributed by atoms with E-state index in [1.165, 1.54) is 5.51 Å². The molecular weight excluding hydrogens is 303 g/mol. The molecule has 102 valence electrons. The number of hydrogen-bond acceptors (Lipinski definition) is 5. The summed E-state index contributed by atoms with van der Waals surface area (Å²) in [5.41, 5.74) is -0.481. The van der Waals surface area contributed by atoms with Gasteiger partial charge >= 0.3 is 6.18 Å². The van der Waals surface area contributed by atoms with Crippen LogP contribution >= 0.6 is 11.3 Å². The second-order valence-corrected chi connectivity index (χ2v) is 5.83. The summed E-state index contributed by atoms with van der Waals surface area (Å²) in [5, 5.41) is 11.7. The Bertz CT molecular complexity index is 696. The first-order valence-electron chi connectivity index (χ1n) is 4.71. The zero-order chi connectivity index (χ0) is 14.3. The van der Waals surface area contributed by atoms with Gasteiger partial charge in [-0.2, -0.15) is 13.2 Å². The molecule has 0 bridgehead atoms. The van der Waals surface area contributed by atoms with Crippen molar-refractivity contribution in [2.24, 2.45) is 5.14 Å². The monoisotopic (exact) mass is 309 g/mol. The van der Waals surface area contributed by atoms with Crippen molar-refractivity contribution >= 4 is 21.4 Å². The van der Waals surface area contributed by atoms with Gasteiger partial charge in [-0.05, 0) is 12.1 Å². The van der Waals surface area contributed by atoms with Gasteiger partial charge in [-0.3, -0.25) is 0 Å². The molecular formula is C9H6F3N3O2S2. The van der Waals surface area contributed by atoms with E-state index in [4.69, 9.17) is 5.14 Å². The minimum absolute atomic E-state index is 0.156. The van der Waals surface area contributed by atoms with Gasteiger partial charge < -0.3 is 0 Å². The van der Waals surface area contributed by atoms with Crippen LogP contribution in [0, 0.1) is 0 Å². The Labute approximate surface area is 109 Å². The molecule has 0 aliphatic carbocycles. The number of sulfonamides is 1. The van der Waals surface area contributed by atoms with E-state index in [-0.39, 0.29) is 5.01 Å². The number of primary sulfonamides is 1. The number of hydrogen-bond donors (Lipinski definition) is 1. The molecule has 5 nitrogen and oxygen atoms in total. The lowest BCUT2D eigenvalue weighted by molar-refractivity contribution is -0.137. The highest BCUT2D eigenvalue weighted by molar-refractivity contribution is 7.89. The minimum Gasteiger partial charge on any atom is -0.225 e. The number of nitrogens with two attached hydrogens (primary N) is 1. The Morgan fingerprint density at radius 3 is 2.42 bits per heavy atom. The van der Waals surface area contributed by atoms with Gasteiger partial charge in [0, 0.05) is 5.56 Å². The summed E-state index contributed by atoms with van der Waals surface area (Å²) in [6.07, 6.45) is -4.72. The van der Waals surface area contributed by atoms with Crippen LogP contribution in [0.4, 0.5) is 13.2 Å². The van der Waals surface area contributed by atoms with Crippen LogP contribution in [-0.2, 0) is 16.2 Å². The molecule has 10 heteroatoms. The molecule has 2 N–H and O–H groups in total. The van der Waals surface area contributed by atoms with E-state index in [1.807, 2.05) is 0 Å². The Morgan fingerprint density at radius 2 is 1.95 bits per heavy atom. The van der Waals surface area contributed by atoms with Gasteiger partial charge in [-0.1, -0.05) is 17.4 Å². The predicted molar refractivity (Wildman–Crippen MR) is 61.7 cm³/mol. The summed E-state index contributed by atoms with van der Waals surface area (Å²) in [6.45, 7) is 0. The zero-order valence-corrected chi connectivity index (χ0v) is 10.7. The Kier molecular flexibility index (Phi) is 3.32. The molecule has 1 heterocycles. The molecule has 1 aromatic carbocycles. The fraction of sp³-hybridized carbons (Fsp3) is 0.111. The van der Waals surface area contributed by atoms with Crippen molar-refractivity contribution in [2.75, 3.05) is 0 Å². The standard InChI is InChI=1S/C9H6F3N3O2S2/c10-9(11,12)5-2-1-3-6(19(13,16)17)7(5)8-15-14-4-18-8/h1-4H,(H2,13,16,17). The second-order valence-electron chi connectivity index (χ2n) is 3.47. The van der Waals surface area contributed by atoms with Gasteiger partial charge in [0.2, 0.25) is 10.0 Å². The molecule has 0 saturated heterocycles. The number of rotatable bonds is 2. The average Bonchev–Trinajstić information content (AvgIpc) is 2.78. The second kappa shape index (κ2) is 4.54. The molecule has 2 rings (SSSR count). The van der Waals surface area contributed by atoms with E-state index in [9.17, 15) is 21.6 Å². The topological polar surface area (TPSA) is 85.9 Å². The highest BCUT2D eigenvalue weighted by Gasteiger charge is 2.37. The van der Waals surface area contributed by atoms with Crippen LogP contribution in [0.25, 0.3) is 10.6 Å². The van der Waals surface area contributed by atoms with Gasteiger partial charge in [0.15, 0.2) is 0 Å². The third-order valence-corrected chi connectivity index (χ3v) is 3.87. The maximum absolute atomic E-state index is 12.9. The zero-order valence-electron chi connectivity index (χ0n) is 9.05. The van der Waals surface area contributed by atoms with E-state index in [0.717, 1.165) is 29.5 Å². The largest absolute Gasteiger partial charge is 0.417 e. The van der Waals surface area contributed by atoms with Crippen LogP contribution in [0.3, 0.4) is 0 Å². The maximum Gasteiger partial charge on any atom is 0.417 e. The van der Waals surface area contributed by atoms with Gasteiger partial charge in [-0.25, -0.2) is 13.6 Å². The van der Waals surface area contributed by atoms with Crippen molar-refractivity contribution in [1.29, 1.82) is 0 Å². The van der Waals surface area contributed by atoms with Crippen LogP contribution in [0.1, 0.15) is 5.56 Å². The van der Waals surface area contributed by atoms with Gasteiger partial charge in [0.05, 0.1) is 10.5 Å². The fourth-order valence-corrected chi connectivity index (χ4v) is 2.96. The first-order chi connectivity index (χ1) is 8.71. The third kappa shape index (κ3) is 2.74. The summed E-state index contributed by atoms with van der Waals surface area (Å²) in [6, 6.07) is 2.75. The minimum atomic E-state index is -4.72. The van der Waals surface area contributed by atoms with E-state index in [0.29, 0.717) is 0 Å². The number of aromatic nitrogens is 2. The van der Waals surface area contributed by atoms with Crippen LogP contribution in [-0.4, -0.2) is 18.6 Å². The summed E-state index contributed by atoms with van der Waals surface area (Å²) >= 11 is 0.794. The van der Waals surface area contributed by atoms with Crippen molar-refractivity contribution in [2.45, 2.75) is 11.1 Å². The van der Waals surface area contributed by atoms with E-state index < -0.39 is 32.2 Å². The fourth-order valence-electron chi connectivity index (χ4n) is 1.51. The van der Waals surface area contributed by atoms with Gasteiger partial charge in [-0.15, -0.1) is 10.2 Å². The summed E-state index contributed by atoms with van der Waals surface area (Å²) in [5.74, 6) is 0. The number of benzene rings is 1. The predicted octanol–water partition coefficient (Wildman–Crippen LogP) is 1.87. The highest BCUT2D eigenvalue weighted by atomic mass is 32.2. The Balaban J connectivity index is 2.86. The number of nitrogens with zero attached hydrogens (tertiary/aromatic N) is 2. The van der Waals surface area contributed by atoms with Crippen LogP contribution in [0.2, 0.25) is 0 Å². The Hall–Kier alpha value is -1.52. The van der Waals surface area contributed by atoms with Crippen molar-refractivity contribution in [1.82, 2.24) is 10.2 Å². The van der Waals surface area contributed by atoms with Crippen molar-refractivity contribution in [3.63, 3.8) is 0 Å². The number of alkyl halides is 3. The first-order valence-corrected chi connectivity index (χ1v) is 7.13. The van der Waals surface area contributed by atoms with E-state index in [2.05, 4.69) is 10.2 Å². The van der Waals surface area contributed by atoms with E-state index in [1.54, 1.807) is 0 Å². The summed E-state index contributed by atoms with van der Waals surface area (Å²) in [7, 11) is -4.30. The maximum atomic E-state index is 12.9. The lowest BCUT2D eigenvalue weighted by atomic mass is 10.1. The molecule has 0 saturated carbocycles. The highest BCUT2D eigenvalue weighted by Crippen LogP contribution is 2.40. The lowest BCUT2D eigenvalue weighted by Gasteiger charge is -2.13. The first kappa shape index (κ1) is 13.9. The van der Waals surface area contributed by atoms with Crippen molar-refractivity contribution in [3.8, 4) is 10.6 Å². The molecule has 0 atom stereocenters.